The molecule has 17 heteroatoms. The molecule has 2 aliphatic rings. The van der Waals surface area contributed by atoms with Crippen LogP contribution in [-0.2, 0) is 35.6 Å². The van der Waals surface area contributed by atoms with Crippen molar-refractivity contribution in [3.8, 4) is 0 Å². The van der Waals surface area contributed by atoms with E-state index in [1.807, 2.05) is 54.9 Å². The molecule has 1 aromatic carbocycles. The van der Waals surface area contributed by atoms with Crippen molar-refractivity contribution >= 4 is 11.9 Å². The zero-order valence-corrected chi connectivity index (χ0v) is 22.2. The number of hydrogen-bond donors (Lipinski definition) is 2. The predicted molar refractivity (Wildman–Crippen MR) is 136 cm³/mol. The van der Waals surface area contributed by atoms with E-state index in [-0.39, 0.29) is 5.41 Å². The summed E-state index contributed by atoms with van der Waals surface area (Å²) in [7, 11) is 0. The summed E-state index contributed by atoms with van der Waals surface area (Å²) in [5.74, 6) is -4.78. The number of benzene rings is 1. The predicted octanol–water partition coefficient (Wildman–Crippen LogP) is 2.56. The smallest absolute Gasteiger partial charge is 0.475 e. The fraction of sp³-hybridized carbons (Fsp3) is 0.385. The first-order valence-electron chi connectivity index (χ1n) is 12.5. The monoisotopic (exact) mass is 617 g/mol. The average molecular weight is 618 g/mol. The van der Waals surface area contributed by atoms with Crippen LogP contribution in [0.1, 0.15) is 23.4 Å². The molecule has 3 aromatic rings. The number of carbonyl (C=O) groups is 2. The number of alkyl halides is 6. The largest absolute Gasteiger partial charge is 0.490 e. The second-order valence-electron chi connectivity index (χ2n) is 9.85. The summed E-state index contributed by atoms with van der Waals surface area (Å²) >= 11 is 0. The molecule has 43 heavy (non-hydrogen) atoms. The molecule has 1 unspecified atom stereocenters. The quantitative estimate of drug-likeness (QED) is 0.333. The minimum atomic E-state index is -5.08. The van der Waals surface area contributed by atoms with Gasteiger partial charge in [0.05, 0.1) is 6.54 Å². The molecule has 1 fully saturated rings. The van der Waals surface area contributed by atoms with E-state index >= 15 is 0 Å². The molecule has 4 heterocycles. The summed E-state index contributed by atoms with van der Waals surface area (Å²) in [6.07, 6.45) is -4.79. The topological polar surface area (TPSA) is 148 Å². The molecule has 0 aliphatic carbocycles. The molecular weight excluding hydrogens is 592 g/mol. The van der Waals surface area contributed by atoms with Crippen molar-refractivity contribution < 1.29 is 46.1 Å². The molecular formula is C26H25F6N5O6. The van der Waals surface area contributed by atoms with Crippen molar-refractivity contribution in [2.75, 3.05) is 13.1 Å². The normalized spacial score (nSPS) is 17.8. The van der Waals surface area contributed by atoms with E-state index in [0.717, 1.165) is 43.9 Å². The van der Waals surface area contributed by atoms with Crippen LogP contribution < -0.4 is 11.1 Å². The molecule has 1 atom stereocenters. The van der Waals surface area contributed by atoms with Gasteiger partial charge < -0.3 is 10.2 Å². The van der Waals surface area contributed by atoms with Gasteiger partial charge in [-0.25, -0.2) is 14.3 Å². The number of hydrogen-bond acceptors (Lipinski definition) is 7. The molecule has 0 amide bonds. The number of pyridine rings is 1. The minimum Gasteiger partial charge on any atom is -0.475 e. The molecule has 1 saturated heterocycles. The van der Waals surface area contributed by atoms with Gasteiger partial charge in [-0.1, -0.05) is 30.3 Å². The number of likely N-dealkylation sites (tertiary alicyclic amines) is 1. The highest BCUT2D eigenvalue weighted by atomic mass is 19.4. The third-order valence-corrected chi connectivity index (χ3v) is 6.57. The lowest BCUT2D eigenvalue weighted by Crippen LogP contribution is -2.43. The molecule has 5 rings (SSSR count). The van der Waals surface area contributed by atoms with Gasteiger partial charge in [-0.05, 0) is 36.2 Å². The Hall–Kier alpha value is -4.54. The lowest BCUT2D eigenvalue weighted by atomic mass is 9.86. The van der Waals surface area contributed by atoms with Crippen molar-refractivity contribution in [3.05, 3.63) is 92.5 Å². The van der Waals surface area contributed by atoms with E-state index in [2.05, 4.69) is 15.0 Å². The van der Waals surface area contributed by atoms with Crippen molar-refractivity contribution in [3.63, 3.8) is 0 Å². The van der Waals surface area contributed by atoms with Gasteiger partial charge in [-0.15, -0.1) is 0 Å². The first-order valence-corrected chi connectivity index (χ1v) is 12.5. The van der Waals surface area contributed by atoms with Gasteiger partial charge in [0.15, 0.2) is 0 Å². The Morgan fingerprint density at radius 1 is 0.814 bits per heavy atom. The molecule has 1 spiro atoms. The van der Waals surface area contributed by atoms with Gasteiger partial charge in [0.1, 0.15) is 5.82 Å². The lowest BCUT2D eigenvalue weighted by Gasteiger charge is -2.22. The maximum absolute atomic E-state index is 12.8. The van der Waals surface area contributed by atoms with Crippen LogP contribution in [0.25, 0.3) is 0 Å². The maximum atomic E-state index is 12.8. The van der Waals surface area contributed by atoms with Crippen LogP contribution in [0.15, 0.2) is 64.4 Å². The van der Waals surface area contributed by atoms with Crippen LogP contribution in [0.4, 0.5) is 26.3 Å². The lowest BCUT2D eigenvalue weighted by molar-refractivity contribution is -0.193. The summed E-state index contributed by atoms with van der Waals surface area (Å²) < 4.78 is 66.4. The Bertz CT molecular complexity index is 1520. The zero-order valence-electron chi connectivity index (χ0n) is 22.2. The van der Waals surface area contributed by atoms with Crippen LogP contribution >= 0.6 is 0 Å². The van der Waals surface area contributed by atoms with Crippen LogP contribution in [0.5, 0.6) is 0 Å². The number of aliphatic carboxylic acids is 2. The Balaban J connectivity index is 0.000000303. The Labute approximate surface area is 238 Å². The molecule has 2 aromatic heterocycles. The van der Waals surface area contributed by atoms with Gasteiger partial charge in [0, 0.05) is 43.9 Å². The molecule has 2 N–H and O–H groups in total. The summed E-state index contributed by atoms with van der Waals surface area (Å²) in [5.41, 5.74) is 1.20. The third kappa shape index (κ3) is 8.97. The van der Waals surface area contributed by atoms with Crippen molar-refractivity contribution in [1.29, 1.82) is 0 Å². The van der Waals surface area contributed by atoms with E-state index in [9.17, 15) is 35.9 Å². The number of fused-ring (bicyclic) bond motifs is 1. The summed E-state index contributed by atoms with van der Waals surface area (Å²) in [5, 5.41) is 18.8. The van der Waals surface area contributed by atoms with Crippen LogP contribution in [0.3, 0.4) is 0 Å². The summed E-state index contributed by atoms with van der Waals surface area (Å²) in [6, 6.07) is 13.7. The number of rotatable bonds is 4. The highest BCUT2D eigenvalue weighted by Gasteiger charge is 2.44. The second kappa shape index (κ2) is 13.2. The van der Waals surface area contributed by atoms with E-state index in [4.69, 9.17) is 19.8 Å². The summed E-state index contributed by atoms with van der Waals surface area (Å²) in [6.45, 7) is 3.68. The summed E-state index contributed by atoms with van der Waals surface area (Å²) in [4.78, 5) is 49.6. The highest BCUT2D eigenvalue weighted by Crippen LogP contribution is 2.39. The Morgan fingerprint density at radius 3 is 1.88 bits per heavy atom. The van der Waals surface area contributed by atoms with Crippen LogP contribution in [0.2, 0.25) is 0 Å². The van der Waals surface area contributed by atoms with Gasteiger partial charge in [-0.3, -0.25) is 24.0 Å². The molecule has 11 nitrogen and oxygen atoms in total. The SMILES string of the molecule is O=C(O)C(F)(F)F.O=C(O)C(F)(F)F.O=c1c(=O)n2c(nn1Cc1ccccc1)CC1(CCN(Cc3ccncc3)C1)C2. The highest BCUT2D eigenvalue weighted by molar-refractivity contribution is 5.73. The van der Waals surface area contributed by atoms with Gasteiger partial charge >= 0.3 is 35.4 Å². The number of carboxylic acid groups (broad SMARTS) is 2. The number of carboxylic acids is 2. The van der Waals surface area contributed by atoms with Gasteiger partial charge in [0.2, 0.25) is 0 Å². The van der Waals surface area contributed by atoms with E-state index < -0.39 is 35.4 Å². The minimum absolute atomic E-state index is 0.00936. The molecule has 2 aliphatic heterocycles. The van der Waals surface area contributed by atoms with E-state index in [1.165, 1.54) is 10.2 Å². The Kier molecular flexibility index (Phi) is 10.1. The van der Waals surface area contributed by atoms with Crippen LogP contribution in [-0.4, -0.2) is 71.8 Å². The zero-order chi connectivity index (χ0) is 32.0. The van der Waals surface area contributed by atoms with E-state index in [1.54, 1.807) is 4.57 Å². The van der Waals surface area contributed by atoms with Crippen molar-refractivity contribution in [2.45, 2.75) is 44.8 Å². The first-order chi connectivity index (χ1) is 20.0. The van der Waals surface area contributed by atoms with E-state index in [0.29, 0.717) is 13.1 Å². The molecule has 232 valence electrons. The maximum Gasteiger partial charge on any atom is 0.490 e. The van der Waals surface area contributed by atoms with Crippen molar-refractivity contribution in [1.82, 2.24) is 24.2 Å². The number of aromatic nitrogens is 4. The molecule has 0 bridgehead atoms. The first kappa shape index (κ1) is 33.0. The number of halogens is 6. The molecule has 0 saturated carbocycles. The second-order valence-corrected chi connectivity index (χ2v) is 9.85. The third-order valence-electron chi connectivity index (χ3n) is 6.57. The Morgan fingerprint density at radius 2 is 1.35 bits per heavy atom. The van der Waals surface area contributed by atoms with Crippen LogP contribution in [0, 0.1) is 5.41 Å². The van der Waals surface area contributed by atoms with Crippen molar-refractivity contribution in [2.24, 2.45) is 5.41 Å². The van der Waals surface area contributed by atoms with Gasteiger partial charge in [0.25, 0.3) is 0 Å². The fourth-order valence-electron chi connectivity index (χ4n) is 4.65. The average Bonchev–Trinajstić information content (AvgIpc) is 3.50. The fourth-order valence-corrected chi connectivity index (χ4v) is 4.65. The number of nitrogens with zero attached hydrogens (tertiary/aromatic N) is 5. The van der Waals surface area contributed by atoms with Gasteiger partial charge in [-0.2, -0.15) is 31.4 Å². The standard InChI is InChI=1S/C22H23N5O2.2C2HF3O2/c28-20-21(29)27(14-17-4-2-1-3-5-17)24-19-12-22(16-26(19)20)8-11-25(15-22)13-18-6-9-23-10-7-18;2*3-2(4,5)1(6)7/h1-7,9-10H,8,11-16H2;2*(H,6,7). The molecule has 0 radical (unpaired) electrons.